The second-order valence-electron chi connectivity index (χ2n) is 6.24. The van der Waals surface area contributed by atoms with Crippen molar-refractivity contribution in [3.8, 4) is 0 Å². The Labute approximate surface area is 174 Å². The van der Waals surface area contributed by atoms with Gasteiger partial charge in [-0.1, -0.05) is 48.2 Å². The van der Waals surface area contributed by atoms with Crippen LogP contribution < -0.4 is 9.80 Å². The Morgan fingerprint density at radius 2 is 1.76 bits per heavy atom. The van der Waals surface area contributed by atoms with Crippen LogP contribution in [0, 0.1) is 0 Å². The fourth-order valence-electron chi connectivity index (χ4n) is 3.27. The smallest absolute Gasteiger partial charge is 0.335 e. The zero-order chi connectivity index (χ0) is 20.9. The molecule has 9 heteroatoms. The van der Waals surface area contributed by atoms with Crippen LogP contribution in [0.4, 0.5) is 11.4 Å². The highest BCUT2D eigenvalue weighted by Gasteiger charge is 2.43. The van der Waals surface area contributed by atoms with Gasteiger partial charge in [0, 0.05) is 12.5 Å². The molecule has 2 aromatic rings. The first-order valence-electron chi connectivity index (χ1n) is 8.39. The zero-order valence-corrected chi connectivity index (χ0v) is 16.5. The molecule has 1 saturated heterocycles. The molecule has 7 nitrogen and oxygen atoms in total. The van der Waals surface area contributed by atoms with Gasteiger partial charge in [-0.05, 0) is 24.3 Å². The van der Waals surface area contributed by atoms with E-state index in [2.05, 4.69) is 0 Å². The fraction of sp³-hybridized carbons (Fsp3) is 0.0500. The predicted molar refractivity (Wildman–Crippen MR) is 113 cm³/mol. The molecule has 0 radical (unpaired) electrons. The number of aromatic carboxylic acids is 1. The molecule has 144 valence electrons. The Hall–Kier alpha value is -3.30. The molecule has 0 saturated carbocycles. The van der Waals surface area contributed by atoms with Crippen molar-refractivity contribution in [2.45, 2.75) is 6.92 Å². The van der Waals surface area contributed by atoms with Gasteiger partial charge in [0.2, 0.25) is 5.91 Å². The van der Waals surface area contributed by atoms with E-state index in [1.165, 1.54) is 30.0 Å². The number of carbonyl (C=O) groups excluding carboxylic acids is 3. The van der Waals surface area contributed by atoms with Gasteiger partial charge < -0.3 is 5.11 Å². The maximum Gasteiger partial charge on any atom is 0.335 e. The number of benzene rings is 2. The van der Waals surface area contributed by atoms with Crippen LogP contribution in [0.5, 0.6) is 0 Å². The number of thioether (sulfide) groups is 1. The second kappa shape index (κ2) is 6.94. The molecule has 29 heavy (non-hydrogen) atoms. The van der Waals surface area contributed by atoms with Gasteiger partial charge in [-0.3, -0.25) is 19.3 Å². The number of rotatable bonds is 2. The van der Waals surface area contributed by atoms with Gasteiger partial charge in [0.25, 0.3) is 11.8 Å². The van der Waals surface area contributed by atoms with E-state index in [4.69, 9.17) is 12.2 Å². The lowest BCUT2D eigenvalue weighted by Gasteiger charge is -2.15. The molecule has 2 heterocycles. The summed E-state index contributed by atoms with van der Waals surface area (Å²) in [5, 5.41) is 9.20. The Morgan fingerprint density at radius 3 is 2.45 bits per heavy atom. The van der Waals surface area contributed by atoms with Gasteiger partial charge in [-0.2, -0.15) is 0 Å². The number of nitrogens with zero attached hydrogens (tertiary/aromatic N) is 2. The normalized spacial score (nSPS) is 18.4. The van der Waals surface area contributed by atoms with Gasteiger partial charge in [-0.25, -0.2) is 9.69 Å². The van der Waals surface area contributed by atoms with Crippen molar-refractivity contribution in [2.75, 3.05) is 9.80 Å². The lowest BCUT2D eigenvalue weighted by molar-refractivity contribution is -0.122. The van der Waals surface area contributed by atoms with Crippen molar-refractivity contribution in [3.63, 3.8) is 0 Å². The summed E-state index contributed by atoms with van der Waals surface area (Å²) in [6.07, 6.45) is 0. The van der Waals surface area contributed by atoms with E-state index in [1.807, 2.05) is 0 Å². The summed E-state index contributed by atoms with van der Waals surface area (Å²) in [6, 6.07) is 12.5. The molecule has 2 aliphatic heterocycles. The average Bonchev–Trinajstić information content (AvgIpc) is 3.13. The Bertz CT molecular complexity index is 1170. The number of carbonyl (C=O) groups is 4. The topological polar surface area (TPSA) is 95.0 Å². The summed E-state index contributed by atoms with van der Waals surface area (Å²) in [7, 11) is 0. The maximum atomic E-state index is 13.2. The highest BCUT2D eigenvalue weighted by atomic mass is 32.2. The average molecular weight is 424 g/mol. The summed E-state index contributed by atoms with van der Waals surface area (Å²) in [6.45, 7) is 1.28. The number of carboxylic acid groups (broad SMARTS) is 1. The van der Waals surface area contributed by atoms with E-state index in [0.29, 0.717) is 16.9 Å². The molecule has 1 fully saturated rings. The third-order valence-electron chi connectivity index (χ3n) is 4.49. The van der Waals surface area contributed by atoms with E-state index in [-0.39, 0.29) is 20.4 Å². The van der Waals surface area contributed by atoms with E-state index in [1.54, 1.807) is 30.3 Å². The lowest BCUT2D eigenvalue weighted by Crippen LogP contribution is -2.32. The van der Waals surface area contributed by atoms with Gasteiger partial charge in [0.1, 0.15) is 0 Å². The first kappa shape index (κ1) is 19.0. The Kier molecular flexibility index (Phi) is 4.56. The molecule has 2 aromatic carbocycles. The monoisotopic (exact) mass is 424 g/mol. The minimum Gasteiger partial charge on any atom is -0.478 e. The first-order valence-corrected chi connectivity index (χ1v) is 9.62. The van der Waals surface area contributed by atoms with E-state index in [9.17, 15) is 24.3 Å². The quantitative estimate of drug-likeness (QED) is 0.585. The van der Waals surface area contributed by atoms with Crippen LogP contribution in [0.15, 0.2) is 53.4 Å². The molecule has 2 aliphatic rings. The SMILES string of the molecule is CC(=O)N1C(=O)/C(=C2\SC(=S)N(c3cccc(C(=O)O)c3)C2=O)c2ccccc21. The standard InChI is InChI=1S/C20H12N2O5S2/c1-10(23)21-14-8-3-2-7-13(14)15(17(21)24)16-18(25)22(20(28)29-16)12-6-4-5-11(9-12)19(26)27/h2-9H,1H3,(H,26,27)/b16-15-. The Balaban J connectivity index is 1.84. The third-order valence-corrected chi connectivity index (χ3v) is 5.87. The maximum absolute atomic E-state index is 13.2. The van der Waals surface area contributed by atoms with Crippen LogP contribution in [0.25, 0.3) is 5.57 Å². The number of hydrogen-bond donors (Lipinski definition) is 1. The number of amides is 3. The molecular formula is C20H12N2O5S2. The molecule has 0 unspecified atom stereocenters. The van der Waals surface area contributed by atoms with Crippen LogP contribution in [-0.4, -0.2) is 33.1 Å². The molecule has 0 aliphatic carbocycles. The number of thiocarbonyl (C=S) groups is 1. The van der Waals surface area contributed by atoms with Gasteiger partial charge >= 0.3 is 5.97 Å². The number of hydrogen-bond acceptors (Lipinski definition) is 6. The highest BCUT2D eigenvalue weighted by molar-refractivity contribution is 8.27. The molecule has 0 aromatic heterocycles. The number of fused-ring (bicyclic) bond motifs is 1. The number of anilines is 2. The van der Waals surface area contributed by atoms with Crippen molar-refractivity contribution < 1.29 is 24.3 Å². The van der Waals surface area contributed by atoms with E-state index < -0.39 is 23.7 Å². The third kappa shape index (κ3) is 2.95. The van der Waals surface area contributed by atoms with Crippen LogP contribution in [0.1, 0.15) is 22.8 Å². The van der Waals surface area contributed by atoms with Crippen LogP contribution in [0.3, 0.4) is 0 Å². The molecule has 1 N–H and O–H groups in total. The van der Waals surface area contributed by atoms with Crippen LogP contribution in [0.2, 0.25) is 0 Å². The van der Waals surface area contributed by atoms with E-state index in [0.717, 1.165) is 16.7 Å². The fourth-order valence-corrected chi connectivity index (χ4v) is 4.64. The first-order chi connectivity index (χ1) is 13.8. The zero-order valence-electron chi connectivity index (χ0n) is 14.9. The molecule has 0 bridgehead atoms. The molecular weight excluding hydrogens is 412 g/mol. The lowest BCUT2D eigenvalue weighted by atomic mass is 10.1. The summed E-state index contributed by atoms with van der Waals surface area (Å²) < 4.78 is 0.173. The summed E-state index contributed by atoms with van der Waals surface area (Å²) >= 11 is 6.28. The summed E-state index contributed by atoms with van der Waals surface area (Å²) in [4.78, 5) is 51.7. The molecule has 0 spiro atoms. The highest BCUT2D eigenvalue weighted by Crippen LogP contribution is 2.45. The van der Waals surface area contributed by atoms with E-state index >= 15 is 0 Å². The largest absolute Gasteiger partial charge is 0.478 e. The van der Waals surface area contributed by atoms with Crippen LogP contribution in [-0.2, 0) is 14.4 Å². The predicted octanol–water partition coefficient (Wildman–Crippen LogP) is 3.05. The minimum absolute atomic E-state index is 0.00856. The van der Waals surface area contributed by atoms with Crippen molar-refractivity contribution in [2.24, 2.45) is 0 Å². The van der Waals surface area contributed by atoms with Crippen molar-refractivity contribution >= 4 is 68.9 Å². The molecule has 3 amide bonds. The van der Waals surface area contributed by atoms with Crippen molar-refractivity contribution in [3.05, 3.63) is 64.6 Å². The van der Waals surface area contributed by atoms with Crippen molar-refractivity contribution in [1.29, 1.82) is 0 Å². The summed E-state index contributed by atoms with van der Waals surface area (Å²) in [5.41, 5.74) is 1.31. The number of imide groups is 1. The Morgan fingerprint density at radius 1 is 1.03 bits per heavy atom. The van der Waals surface area contributed by atoms with Gasteiger partial charge in [0.15, 0.2) is 4.32 Å². The summed E-state index contributed by atoms with van der Waals surface area (Å²) in [5.74, 6) is -2.71. The second-order valence-corrected chi connectivity index (χ2v) is 7.89. The molecule has 4 rings (SSSR count). The van der Waals surface area contributed by atoms with Gasteiger partial charge in [-0.15, -0.1) is 0 Å². The van der Waals surface area contributed by atoms with Gasteiger partial charge in [0.05, 0.1) is 27.4 Å². The minimum atomic E-state index is -1.13. The number of para-hydroxylation sites is 1. The molecule has 0 atom stereocenters. The number of carboxylic acids is 1. The van der Waals surface area contributed by atoms with Crippen molar-refractivity contribution in [1.82, 2.24) is 0 Å². The van der Waals surface area contributed by atoms with Crippen LogP contribution >= 0.6 is 24.0 Å².